The van der Waals surface area contributed by atoms with Crippen LogP contribution in [0.3, 0.4) is 0 Å². The molecular formula is C25H28N2O. The van der Waals surface area contributed by atoms with Gasteiger partial charge in [-0.3, -0.25) is 0 Å². The zero-order valence-corrected chi connectivity index (χ0v) is 16.7. The molecular weight excluding hydrogens is 344 g/mol. The Balaban J connectivity index is 1.58. The number of piperidine rings is 3. The molecule has 1 unspecified atom stereocenters. The molecule has 0 spiro atoms. The summed E-state index contributed by atoms with van der Waals surface area (Å²) in [6, 6.07) is 15.5. The first-order valence-corrected chi connectivity index (χ1v) is 10.4. The first kappa shape index (κ1) is 17.6. The van der Waals surface area contributed by atoms with Crippen LogP contribution < -0.4 is 0 Å². The van der Waals surface area contributed by atoms with Crippen LogP contribution in [0, 0.1) is 19.8 Å². The van der Waals surface area contributed by atoms with Gasteiger partial charge in [0.25, 0.3) is 0 Å². The lowest BCUT2D eigenvalue weighted by Crippen LogP contribution is -2.48. The topological polar surface area (TPSA) is 28.4 Å². The molecule has 3 aliphatic rings. The van der Waals surface area contributed by atoms with E-state index >= 15 is 0 Å². The molecule has 3 fully saturated rings. The summed E-state index contributed by atoms with van der Waals surface area (Å²) in [6.07, 6.45) is 6.42. The third-order valence-corrected chi connectivity index (χ3v) is 6.50. The Labute approximate surface area is 166 Å². The number of fused-ring (bicyclic) bond motifs is 4. The Morgan fingerprint density at radius 1 is 1.00 bits per heavy atom. The fourth-order valence-corrected chi connectivity index (χ4v) is 4.81. The number of aliphatic hydroxyl groups is 1. The maximum absolute atomic E-state index is 10.8. The first-order valence-electron chi connectivity index (χ1n) is 10.4. The van der Waals surface area contributed by atoms with Crippen molar-refractivity contribution in [2.24, 2.45) is 5.92 Å². The molecule has 0 amide bonds. The Morgan fingerprint density at radius 3 is 2.43 bits per heavy atom. The van der Waals surface area contributed by atoms with Crippen LogP contribution in [0.15, 0.2) is 54.4 Å². The number of rotatable bonds is 3. The summed E-state index contributed by atoms with van der Waals surface area (Å²) in [5.74, 6) is 0.430. The molecule has 3 nitrogen and oxygen atoms in total. The molecule has 0 radical (unpaired) electrons. The fourth-order valence-electron chi connectivity index (χ4n) is 4.81. The molecule has 28 heavy (non-hydrogen) atoms. The number of aliphatic hydroxyl groups excluding tert-OH is 1. The third-order valence-electron chi connectivity index (χ3n) is 6.50. The van der Waals surface area contributed by atoms with Crippen molar-refractivity contribution in [1.29, 1.82) is 0 Å². The standard InChI is InChI=1S/C25H28N2O/c1-17-3-6-19(7-4-17)15-27-16-21(22-13-18(2)5-8-23(22)27)14-24-25(28)20-9-11-26(24)12-10-20/h3-8,13-14,16,20,25,28H,9-12,15H2,1-2H3/b24-14-. The fraction of sp³-hybridized carbons (Fsp3) is 0.360. The van der Waals surface area contributed by atoms with Crippen LogP contribution in [0.4, 0.5) is 0 Å². The Bertz CT molecular complexity index is 1030. The van der Waals surface area contributed by atoms with Gasteiger partial charge in [-0.25, -0.2) is 0 Å². The summed E-state index contributed by atoms with van der Waals surface area (Å²) >= 11 is 0. The molecule has 3 saturated heterocycles. The Morgan fingerprint density at radius 2 is 1.71 bits per heavy atom. The SMILES string of the molecule is Cc1ccc(Cn2cc(/C=C3/C(O)C4CCN3CC4)c3cc(C)ccc32)cc1. The molecule has 0 saturated carbocycles. The van der Waals surface area contributed by atoms with Gasteiger partial charge in [0.1, 0.15) is 0 Å². The second-order valence-corrected chi connectivity index (χ2v) is 8.56. The van der Waals surface area contributed by atoms with Gasteiger partial charge in [0.15, 0.2) is 0 Å². The molecule has 144 valence electrons. The summed E-state index contributed by atoms with van der Waals surface area (Å²) in [4.78, 5) is 2.38. The molecule has 1 atom stereocenters. The highest BCUT2D eigenvalue weighted by molar-refractivity contribution is 5.90. The molecule has 3 aliphatic heterocycles. The molecule has 2 bridgehead atoms. The minimum Gasteiger partial charge on any atom is -0.387 e. The second kappa shape index (κ2) is 6.82. The maximum atomic E-state index is 10.8. The quantitative estimate of drug-likeness (QED) is 0.720. The van der Waals surface area contributed by atoms with E-state index in [1.54, 1.807) is 0 Å². The lowest BCUT2D eigenvalue weighted by Gasteiger charge is -2.45. The van der Waals surface area contributed by atoms with Crippen molar-refractivity contribution < 1.29 is 5.11 Å². The van der Waals surface area contributed by atoms with Gasteiger partial charge in [-0.2, -0.15) is 0 Å². The number of hydrogen-bond acceptors (Lipinski definition) is 2. The molecule has 4 heterocycles. The van der Waals surface area contributed by atoms with Crippen LogP contribution in [0.1, 0.15) is 35.1 Å². The van der Waals surface area contributed by atoms with Crippen molar-refractivity contribution >= 4 is 17.0 Å². The summed E-state index contributed by atoms with van der Waals surface area (Å²) in [5.41, 5.74) is 7.45. The Hall–Kier alpha value is -2.52. The highest BCUT2D eigenvalue weighted by atomic mass is 16.3. The van der Waals surface area contributed by atoms with Crippen molar-refractivity contribution in [2.75, 3.05) is 13.1 Å². The van der Waals surface area contributed by atoms with Crippen molar-refractivity contribution in [2.45, 2.75) is 39.3 Å². The number of benzene rings is 2. The average molecular weight is 373 g/mol. The molecule has 1 N–H and O–H groups in total. The highest BCUT2D eigenvalue weighted by Crippen LogP contribution is 2.37. The van der Waals surface area contributed by atoms with Gasteiger partial charge in [-0.05, 0) is 56.4 Å². The normalized spacial score (nSPS) is 23.1. The van der Waals surface area contributed by atoms with Crippen LogP contribution in [-0.4, -0.2) is 33.8 Å². The average Bonchev–Trinajstić information content (AvgIpc) is 3.03. The van der Waals surface area contributed by atoms with Crippen molar-refractivity contribution in [3.63, 3.8) is 0 Å². The zero-order valence-electron chi connectivity index (χ0n) is 16.7. The van der Waals surface area contributed by atoms with Gasteiger partial charge in [0.2, 0.25) is 0 Å². The zero-order chi connectivity index (χ0) is 19.3. The largest absolute Gasteiger partial charge is 0.387 e. The van der Waals surface area contributed by atoms with Crippen LogP contribution in [0.25, 0.3) is 17.0 Å². The number of aromatic nitrogens is 1. The number of aryl methyl sites for hydroxylation is 2. The van der Waals surface area contributed by atoms with Gasteiger partial charge in [-0.1, -0.05) is 41.5 Å². The van der Waals surface area contributed by atoms with Gasteiger partial charge >= 0.3 is 0 Å². The van der Waals surface area contributed by atoms with E-state index in [9.17, 15) is 5.11 Å². The van der Waals surface area contributed by atoms with Crippen LogP contribution in [0.5, 0.6) is 0 Å². The van der Waals surface area contributed by atoms with Gasteiger partial charge < -0.3 is 14.6 Å². The predicted octanol–water partition coefficient (Wildman–Crippen LogP) is 4.73. The summed E-state index contributed by atoms with van der Waals surface area (Å²) in [7, 11) is 0. The highest BCUT2D eigenvalue weighted by Gasteiger charge is 2.36. The molecule has 2 aromatic carbocycles. The van der Waals surface area contributed by atoms with Crippen molar-refractivity contribution in [3.8, 4) is 0 Å². The van der Waals surface area contributed by atoms with Crippen LogP contribution >= 0.6 is 0 Å². The van der Waals surface area contributed by atoms with E-state index in [1.807, 2.05) is 0 Å². The lowest BCUT2D eigenvalue weighted by atomic mass is 9.83. The van der Waals surface area contributed by atoms with Gasteiger partial charge in [-0.15, -0.1) is 0 Å². The van der Waals surface area contributed by atoms with E-state index in [-0.39, 0.29) is 6.10 Å². The third kappa shape index (κ3) is 3.04. The Kier molecular flexibility index (Phi) is 4.28. The van der Waals surface area contributed by atoms with E-state index in [0.29, 0.717) is 5.92 Å². The molecule has 3 heteroatoms. The van der Waals surface area contributed by atoms with E-state index < -0.39 is 0 Å². The molecule has 6 rings (SSSR count). The number of hydrogen-bond donors (Lipinski definition) is 1. The van der Waals surface area contributed by atoms with Crippen LogP contribution in [-0.2, 0) is 6.54 Å². The predicted molar refractivity (Wildman–Crippen MR) is 115 cm³/mol. The molecule has 3 aromatic rings. The summed E-state index contributed by atoms with van der Waals surface area (Å²) in [5, 5.41) is 12.1. The monoisotopic (exact) mass is 372 g/mol. The minimum atomic E-state index is -0.317. The lowest BCUT2D eigenvalue weighted by molar-refractivity contribution is 0.0215. The molecule has 0 aliphatic carbocycles. The van der Waals surface area contributed by atoms with E-state index in [2.05, 4.69) is 78.1 Å². The van der Waals surface area contributed by atoms with Crippen LogP contribution in [0.2, 0.25) is 0 Å². The van der Waals surface area contributed by atoms with E-state index in [0.717, 1.165) is 38.2 Å². The van der Waals surface area contributed by atoms with Crippen molar-refractivity contribution in [1.82, 2.24) is 9.47 Å². The van der Waals surface area contributed by atoms with Crippen molar-refractivity contribution in [3.05, 3.63) is 76.6 Å². The minimum absolute atomic E-state index is 0.317. The van der Waals surface area contributed by atoms with E-state index in [4.69, 9.17) is 0 Å². The van der Waals surface area contributed by atoms with Gasteiger partial charge in [0, 0.05) is 48.0 Å². The molecule has 1 aromatic heterocycles. The van der Waals surface area contributed by atoms with Gasteiger partial charge in [0.05, 0.1) is 6.10 Å². The summed E-state index contributed by atoms with van der Waals surface area (Å²) in [6.45, 7) is 7.29. The number of nitrogens with zero attached hydrogens (tertiary/aromatic N) is 2. The first-order chi connectivity index (χ1) is 13.6. The second-order valence-electron chi connectivity index (χ2n) is 8.56. The van der Waals surface area contributed by atoms with E-state index in [1.165, 1.54) is 33.2 Å². The summed E-state index contributed by atoms with van der Waals surface area (Å²) < 4.78 is 2.34. The maximum Gasteiger partial charge on any atom is 0.0965 e. The smallest absolute Gasteiger partial charge is 0.0965 e.